The number of rotatable bonds is 4. The lowest BCUT2D eigenvalue weighted by atomic mass is 10.1. The third-order valence-electron chi connectivity index (χ3n) is 3.69. The molecule has 0 aliphatic heterocycles. The quantitative estimate of drug-likeness (QED) is 0.625. The summed E-state index contributed by atoms with van der Waals surface area (Å²) in [6.07, 6.45) is 0.876. The lowest BCUT2D eigenvalue weighted by molar-refractivity contribution is 0.737. The largest absolute Gasteiger partial charge is 0.368 e. The number of nitrogens with zero attached hydrogens (tertiary/aromatic N) is 5. The average molecular weight is 325 g/mol. The minimum atomic E-state index is 0.656. The molecule has 0 saturated heterocycles. The highest BCUT2D eigenvalue weighted by molar-refractivity contribution is 6.30. The SMILES string of the molecule is Clc1ccc(CCNc2nn3nnnc3c3ccccc23)cc1. The molecule has 2 aromatic heterocycles. The number of aromatic nitrogens is 5. The molecule has 0 atom stereocenters. The summed E-state index contributed by atoms with van der Waals surface area (Å²) in [6.45, 7) is 0.756. The number of nitrogens with one attached hydrogen (secondary N) is 1. The van der Waals surface area contributed by atoms with Crippen molar-refractivity contribution in [2.75, 3.05) is 11.9 Å². The molecule has 0 fully saturated rings. The minimum Gasteiger partial charge on any atom is -0.368 e. The lowest BCUT2D eigenvalue weighted by Gasteiger charge is -2.09. The molecule has 2 heterocycles. The summed E-state index contributed by atoms with van der Waals surface area (Å²) in [5.41, 5.74) is 1.87. The predicted octanol–water partition coefficient (Wildman–Crippen LogP) is 2.98. The zero-order valence-corrected chi connectivity index (χ0v) is 12.9. The summed E-state index contributed by atoms with van der Waals surface area (Å²) < 4.78 is 1.45. The van der Waals surface area contributed by atoms with Crippen molar-refractivity contribution in [3.63, 3.8) is 0 Å². The van der Waals surface area contributed by atoms with Gasteiger partial charge < -0.3 is 5.32 Å². The second-order valence-corrected chi connectivity index (χ2v) is 5.63. The number of hydrogen-bond acceptors (Lipinski definition) is 5. The van der Waals surface area contributed by atoms with Crippen LogP contribution in [0.1, 0.15) is 5.56 Å². The smallest absolute Gasteiger partial charge is 0.207 e. The van der Waals surface area contributed by atoms with Crippen molar-refractivity contribution in [2.24, 2.45) is 0 Å². The molecule has 0 aliphatic carbocycles. The van der Waals surface area contributed by atoms with E-state index in [-0.39, 0.29) is 0 Å². The van der Waals surface area contributed by atoms with Crippen molar-refractivity contribution in [2.45, 2.75) is 6.42 Å². The Kier molecular flexibility index (Phi) is 3.51. The van der Waals surface area contributed by atoms with Crippen LogP contribution in [-0.2, 0) is 6.42 Å². The van der Waals surface area contributed by atoms with E-state index in [1.807, 2.05) is 48.5 Å². The van der Waals surface area contributed by atoms with Crippen LogP contribution in [0.25, 0.3) is 16.4 Å². The number of tetrazole rings is 1. The molecule has 0 radical (unpaired) electrons. The molecule has 23 heavy (non-hydrogen) atoms. The summed E-state index contributed by atoms with van der Waals surface area (Å²) >= 11 is 5.90. The number of anilines is 1. The van der Waals surface area contributed by atoms with E-state index in [0.717, 1.165) is 34.6 Å². The monoisotopic (exact) mass is 324 g/mol. The first-order valence-corrected chi connectivity index (χ1v) is 7.64. The average Bonchev–Trinajstić information content (AvgIpc) is 3.05. The molecule has 0 bridgehead atoms. The van der Waals surface area contributed by atoms with Crippen molar-refractivity contribution in [3.8, 4) is 0 Å². The standard InChI is InChI=1S/C16H13ClN6/c17-12-7-5-11(6-8-12)9-10-18-15-13-3-1-2-4-14(13)16-19-21-22-23(16)20-15/h1-8H,9-10H2,(H,18,20). The highest BCUT2D eigenvalue weighted by atomic mass is 35.5. The van der Waals surface area contributed by atoms with Gasteiger partial charge in [-0.25, -0.2) is 0 Å². The fraction of sp³-hybridized carbons (Fsp3) is 0.125. The van der Waals surface area contributed by atoms with Crippen LogP contribution >= 0.6 is 11.6 Å². The Hall–Kier alpha value is -2.73. The Morgan fingerprint density at radius 2 is 1.78 bits per heavy atom. The Labute approximate surface area is 137 Å². The number of benzene rings is 2. The van der Waals surface area contributed by atoms with E-state index in [0.29, 0.717) is 5.65 Å². The van der Waals surface area contributed by atoms with Gasteiger partial charge in [0, 0.05) is 22.3 Å². The Balaban J connectivity index is 1.61. The van der Waals surface area contributed by atoms with E-state index in [1.54, 1.807) is 0 Å². The van der Waals surface area contributed by atoms with Crippen LogP contribution < -0.4 is 5.32 Å². The van der Waals surface area contributed by atoms with Crippen LogP contribution in [0.2, 0.25) is 5.02 Å². The van der Waals surface area contributed by atoms with Gasteiger partial charge in [-0.15, -0.1) is 14.8 Å². The maximum atomic E-state index is 5.90. The fourth-order valence-electron chi connectivity index (χ4n) is 2.55. The summed E-state index contributed by atoms with van der Waals surface area (Å²) in [4.78, 5) is 0. The van der Waals surface area contributed by atoms with Gasteiger partial charge in [-0.1, -0.05) is 48.0 Å². The molecule has 4 aromatic rings. The van der Waals surface area contributed by atoms with Gasteiger partial charge in [0.2, 0.25) is 5.65 Å². The van der Waals surface area contributed by atoms with E-state index in [4.69, 9.17) is 11.6 Å². The summed E-state index contributed by atoms with van der Waals surface area (Å²) in [5.74, 6) is 0.773. The zero-order chi connectivity index (χ0) is 15.6. The van der Waals surface area contributed by atoms with Crippen molar-refractivity contribution in [1.82, 2.24) is 25.3 Å². The van der Waals surface area contributed by atoms with Gasteiger partial charge in [0.15, 0.2) is 5.82 Å². The molecule has 2 aromatic carbocycles. The summed E-state index contributed by atoms with van der Waals surface area (Å²) in [5, 5.41) is 22.2. The first kappa shape index (κ1) is 13.9. The molecule has 4 rings (SSSR count). The zero-order valence-electron chi connectivity index (χ0n) is 12.1. The van der Waals surface area contributed by atoms with Crippen LogP contribution in [0.3, 0.4) is 0 Å². The van der Waals surface area contributed by atoms with Gasteiger partial charge in [0.1, 0.15) is 0 Å². The normalized spacial score (nSPS) is 11.2. The molecule has 0 spiro atoms. The summed E-state index contributed by atoms with van der Waals surface area (Å²) in [6, 6.07) is 15.8. The van der Waals surface area contributed by atoms with Gasteiger partial charge in [-0.2, -0.15) is 0 Å². The van der Waals surface area contributed by atoms with Gasteiger partial charge in [-0.3, -0.25) is 0 Å². The van der Waals surface area contributed by atoms with E-state index in [9.17, 15) is 0 Å². The molecule has 0 aliphatic rings. The first-order valence-electron chi connectivity index (χ1n) is 7.27. The van der Waals surface area contributed by atoms with Crippen molar-refractivity contribution < 1.29 is 0 Å². The summed E-state index contributed by atoms with van der Waals surface area (Å²) in [7, 11) is 0. The van der Waals surface area contributed by atoms with E-state index in [1.165, 1.54) is 10.2 Å². The van der Waals surface area contributed by atoms with Crippen LogP contribution in [0, 0.1) is 0 Å². The number of hydrogen-bond donors (Lipinski definition) is 1. The third-order valence-corrected chi connectivity index (χ3v) is 3.94. The predicted molar refractivity (Wildman–Crippen MR) is 89.7 cm³/mol. The number of fused-ring (bicyclic) bond motifs is 3. The van der Waals surface area contributed by atoms with E-state index >= 15 is 0 Å². The van der Waals surface area contributed by atoms with Crippen molar-refractivity contribution in [1.29, 1.82) is 0 Å². The molecule has 0 unspecified atom stereocenters. The first-order chi connectivity index (χ1) is 11.3. The minimum absolute atomic E-state index is 0.656. The van der Waals surface area contributed by atoms with Crippen LogP contribution in [0.4, 0.5) is 5.82 Å². The van der Waals surface area contributed by atoms with E-state index < -0.39 is 0 Å². The molecular formula is C16H13ClN6. The Morgan fingerprint density at radius 3 is 2.61 bits per heavy atom. The second kappa shape index (κ2) is 5.81. The van der Waals surface area contributed by atoms with Gasteiger partial charge in [0.05, 0.1) is 0 Å². The second-order valence-electron chi connectivity index (χ2n) is 5.19. The van der Waals surface area contributed by atoms with Crippen LogP contribution in [-0.4, -0.2) is 31.8 Å². The molecule has 0 amide bonds. The van der Waals surface area contributed by atoms with Crippen molar-refractivity contribution in [3.05, 3.63) is 59.1 Å². The van der Waals surface area contributed by atoms with Crippen LogP contribution in [0.15, 0.2) is 48.5 Å². The Morgan fingerprint density at radius 1 is 1.00 bits per heavy atom. The molecule has 6 nitrogen and oxygen atoms in total. The molecule has 0 saturated carbocycles. The number of halogens is 1. The third kappa shape index (κ3) is 2.68. The van der Waals surface area contributed by atoms with Crippen LogP contribution in [0.5, 0.6) is 0 Å². The molecule has 7 heteroatoms. The van der Waals surface area contributed by atoms with Gasteiger partial charge in [0.25, 0.3) is 0 Å². The lowest BCUT2D eigenvalue weighted by Crippen LogP contribution is -2.09. The molecule has 1 N–H and O–H groups in total. The topological polar surface area (TPSA) is 68.0 Å². The highest BCUT2D eigenvalue weighted by Gasteiger charge is 2.10. The van der Waals surface area contributed by atoms with Gasteiger partial charge in [-0.05, 0) is 34.5 Å². The highest BCUT2D eigenvalue weighted by Crippen LogP contribution is 2.23. The maximum Gasteiger partial charge on any atom is 0.207 e. The van der Waals surface area contributed by atoms with Crippen molar-refractivity contribution >= 4 is 33.8 Å². The molecular weight excluding hydrogens is 312 g/mol. The maximum absolute atomic E-state index is 5.90. The van der Waals surface area contributed by atoms with Gasteiger partial charge >= 0.3 is 0 Å². The fourth-order valence-corrected chi connectivity index (χ4v) is 2.68. The molecule has 114 valence electrons. The van der Waals surface area contributed by atoms with E-state index in [2.05, 4.69) is 25.9 Å². The Bertz CT molecular complexity index is 963.